The minimum Gasteiger partial charge on any atom is -0.495 e. The van der Waals surface area contributed by atoms with Crippen LogP contribution in [0.15, 0.2) is 18.2 Å². The molecule has 0 bridgehead atoms. The molecule has 9 heteroatoms. The second-order valence-corrected chi connectivity index (χ2v) is 7.38. The lowest BCUT2D eigenvalue weighted by atomic mass is 10.1. The van der Waals surface area contributed by atoms with E-state index in [1.54, 1.807) is 25.3 Å². The van der Waals surface area contributed by atoms with E-state index in [4.69, 9.17) is 21.4 Å². The van der Waals surface area contributed by atoms with Gasteiger partial charge in [0, 0.05) is 17.6 Å². The number of ether oxygens (including phenoxy) is 1. The van der Waals surface area contributed by atoms with Gasteiger partial charge in [0.25, 0.3) is 0 Å². The number of nitrogens with zero attached hydrogens (tertiary/aromatic N) is 2. The third kappa shape index (κ3) is 6.81. The van der Waals surface area contributed by atoms with E-state index < -0.39 is 5.97 Å². The number of likely N-dealkylation sites (tertiary alicyclic amines) is 1. The van der Waals surface area contributed by atoms with Gasteiger partial charge in [0.05, 0.1) is 25.4 Å². The third-order valence-corrected chi connectivity index (χ3v) is 5.32. The highest BCUT2D eigenvalue weighted by Gasteiger charge is 2.27. The van der Waals surface area contributed by atoms with Crippen molar-refractivity contribution in [2.75, 3.05) is 39.1 Å². The average molecular weight is 434 g/mol. The first-order valence-electron chi connectivity index (χ1n) is 9.12. The van der Waals surface area contributed by atoms with E-state index in [0.717, 1.165) is 32.4 Å². The second kappa shape index (κ2) is 11.5. The largest absolute Gasteiger partial charge is 0.495 e. The highest BCUT2D eigenvalue weighted by molar-refractivity contribution is 6.31. The minimum absolute atomic E-state index is 0. The lowest BCUT2D eigenvalue weighted by Crippen LogP contribution is -2.43. The lowest BCUT2D eigenvalue weighted by Gasteiger charge is -2.28. The predicted molar refractivity (Wildman–Crippen MR) is 113 cm³/mol. The minimum atomic E-state index is -0.818. The molecule has 158 valence electrons. The number of benzene rings is 1. The van der Waals surface area contributed by atoms with Crippen molar-refractivity contribution in [3.63, 3.8) is 0 Å². The molecule has 1 aliphatic heterocycles. The maximum Gasteiger partial charge on any atom is 0.317 e. The van der Waals surface area contributed by atoms with Gasteiger partial charge in [-0.15, -0.1) is 12.4 Å². The molecule has 1 aromatic rings. The molecule has 0 aromatic heterocycles. The summed E-state index contributed by atoms with van der Waals surface area (Å²) in [5, 5.41) is 12.4. The first-order chi connectivity index (χ1) is 12.8. The van der Waals surface area contributed by atoms with Crippen molar-refractivity contribution in [3.05, 3.63) is 23.2 Å². The monoisotopic (exact) mass is 433 g/mol. The second-order valence-electron chi connectivity index (χ2n) is 6.94. The summed E-state index contributed by atoms with van der Waals surface area (Å²) >= 11 is 6.03. The number of hydrogen-bond acceptors (Lipinski definition) is 5. The van der Waals surface area contributed by atoms with E-state index in [1.807, 2.05) is 18.9 Å². The summed E-state index contributed by atoms with van der Waals surface area (Å²) in [5.41, 5.74) is 0.552. The molecule has 7 nitrogen and oxygen atoms in total. The van der Waals surface area contributed by atoms with E-state index in [-0.39, 0.29) is 36.9 Å². The van der Waals surface area contributed by atoms with Crippen LogP contribution in [0.5, 0.6) is 5.75 Å². The van der Waals surface area contributed by atoms with Crippen LogP contribution in [0.3, 0.4) is 0 Å². The number of halogens is 2. The van der Waals surface area contributed by atoms with Crippen LogP contribution in [-0.2, 0) is 9.59 Å². The zero-order valence-corrected chi connectivity index (χ0v) is 18.1. The summed E-state index contributed by atoms with van der Waals surface area (Å²) in [5.74, 6) is -0.374. The Hall–Kier alpha value is -1.54. The van der Waals surface area contributed by atoms with Crippen LogP contribution in [0.1, 0.15) is 26.2 Å². The molecule has 2 unspecified atom stereocenters. The Labute approximate surface area is 177 Å². The van der Waals surface area contributed by atoms with E-state index in [0.29, 0.717) is 16.5 Å². The Morgan fingerprint density at radius 3 is 2.75 bits per heavy atom. The van der Waals surface area contributed by atoms with E-state index >= 15 is 0 Å². The Morgan fingerprint density at radius 1 is 1.39 bits per heavy atom. The number of methoxy groups -OCH3 is 1. The number of rotatable bonds is 7. The van der Waals surface area contributed by atoms with Crippen molar-refractivity contribution < 1.29 is 19.4 Å². The number of hydrogen-bond donors (Lipinski definition) is 2. The van der Waals surface area contributed by atoms with Crippen molar-refractivity contribution in [2.45, 2.75) is 38.3 Å². The van der Waals surface area contributed by atoms with Gasteiger partial charge in [-0.3, -0.25) is 19.4 Å². The number of carbonyl (C=O) groups excluding carboxylic acids is 1. The Bertz CT molecular complexity index is 675. The van der Waals surface area contributed by atoms with E-state index in [1.165, 1.54) is 0 Å². The van der Waals surface area contributed by atoms with Crippen molar-refractivity contribution in [3.8, 4) is 5.75 Å². The van der Waals surface area contributed by atoms with Gasteiger partial charge in [-0.2, -0.15) is 0 Å². The zero-order chi connectivity index (χ0) is 20.0. The first kappa shape index (κ1) is 24.5. The van der Waals surface area contributed by atoms with Crippen LogP contribution >= 0.6 is 24.0 Å². The third-order valence-electron chi connectivity index (χ3n) is 5.09. The SMILES string of the molecule is COc1ccc(Cl)cc1NC(=O)C(C)N1CCCC(N(C)CC(=O)O)CC1.Cl. The van der Waals surface area contributed by atoms with Crippen molar-refractivity contribution in [2.24, 2.45) is 0 Å². The van der Waals surface area contributed by atoms with Crippen LogP contribution in [0.25, 0.3) is 0 Å². The summed E-state index contributed by atoms with van der Waals surface area (Å²) in [4.78, 5) is 27.7. The standard InChI is InChI=1S/C19H28ClN3O4.ClH/c1-13(19(26)21-16-11-14(20)6-7-17(16)27-3)23-9-4-5-15(8-10-23)22(2)12-18(24)25;/h6-7,11,13,15H,4-5,8-10,12H2,1-3H3,(H,21,26)(H,24,25);1H. The van der Waals surface area contributed by atoms with Crippen molar-refractivity contribution in [1.82, 2.24) is 9.80 Å². The maximum atomic E-state index is 12.7. The summed E-state index contributed by atoms with van der Waals surface area (Å²) < 4.78 is 5.28. The van der Waals surface area contributed by atoms with Gasteiger partial charge in [-0.05, 0) is 58.0 Å². The average Bonchev–Trinajstić information content (AvgIpc) is 2.87. The van der Waals surface area contributed by atoms with E-state index in [2.05, 4.69) is 10.2 Å². The molecule has 1 aliphatic rings. The highest BCUT2D eigenvalue weighted by Crippen LogP contribution is 2.28. The van der Waals surface area contributed by atoms with Gasteiger partial charge in [0.1, 0.15) is 5.75 Å². The Morgan fingerprint density at radius 2 is 2.11 bits per heavy atom. The number of nitrogens with one attached hydrogen (secondary N) is 1. The van der Waals surface area contributed by atoms with Gasteiger partial charge in [-0.25, -0.2) is 0 Å². The normalized spacial score (nSPS) is 18.7. The molecule has 2 atom stereocenters. The van der Waals surface area contributed by atoms with Crippen LogP contribution in [0, 0.1) is 0 Å². The summed E-state index contributed by atoms with van der Waals surface area (Å²) in [7, 11) is 3.39. The number of aliphatic carboxylic acids is 1. The molecule has 1 aromatic carbocycles. The molecule has 1 saturated heterocycles. The highest BCUT2D eigenvalue weighted by atomic mass is 35.5. The maximum absolute atomic E-state index is 12.7. The topological polar surface area (TPSA) is 82.1 Å². The van der Waals surface area contributed by atoms with Crippen LogP contribution in [-0.4, -0.2) is 72.7 Å². The summed E-state index contributed by atoms with van der Waals surface area (Å²) in [6.45, 7) is 3.47. The molecule has 0 saturated carbocycles. The zero-order valence-electron chi connectivity index (χ0n) is 16.5. The molecule has 0 spiro atoms. The number of carbonyl (C=O) groups is 2. The Kier molecular flexibility index (Phi) is 10.0. The summed E-state index contributed by atoms with van der Waals surface area (Å²) in [6.07, 6.45) is 2.69. The van der Waals surface area contributed by atoms with E-state index in [9.17, 15) is 9.59 Å². The fourth-order valence-corrected chi connectivity index (χ4v) is 3.62. The number of amides is 1. The number of carboxylic acid groups (broad SMARTS) is 1. The summed E-state index contributed by atoms with van der Waals surface area (Å²) in [6, 6.07) is 5.01. The molecule has 0 aliphatic carbocycles. The smallest absolute Gasteiger partial charge is 0.317 e. The predicted octanol–water partition coefficient (Wildman–Crippen LogP) is 2.97. The van der Waals surface area contributed by atoms with Gasteiger partial charge >= 0.3 is 5.97 Å². The van der Waals surface area contributed by atoms with Gasteiger partial charge in [0.2, 0.25) is 5.91 Å². The van der Waals surface area contributed by atoms with Gasteiger partial charge in [0.15, 0.2) is 0 Å². The molecule has 0 radical (unpaired) electrons. The molecule has 2 N–H and O–H groups in total. The molecular weight excluding hydrogens is 405 g/mol. The first-order valence-corrected chi connectivity index (χ1v) is 9.50. The van der Waals surface area contributed by atoms with Crippen LogP contribution in [0.4, 0.5) is 5.69 Å². The fourth-order valence-electron chi connectivity index (χ4n) is 3.45. The molecule has 2 rings (SSSR count). The number of likely N-dealkylation sites (N-methyl/N-ethyl adjacent to an activating group) is 1. The quantitative estimate of drug-likeness (QED) is 0.687. The van der Waals surface area contributed by atoms with Crippen LogP contribution in [0.2, 0.25) is 5.02 Å². The number of carboxylic acids is 1. The molecule has 1 heterocycles. The molecule has 1 amide bonds. The van der Waals surface area contributed by atoms with Crippen molar-refractivity contribution in [1.29, 1.82) is 0 Å². The molecular formula is C19H29Cl2N3O4. The Balaban J connectivity index is 0.00000392. The number of anilines is 1. The lowest BCUT2D eigenvalue weighted by molar-refractivity contribution is -0.138. The van der Waals surface area contributed by atoms with Crippen LogP contribution < -0.4 is 10.1 Å². The molecule has 1 fully saturated rings. The fraction of sp³-hybridized carbons (Fsp3) is 0.579. The van der Waals surface area contributed by atoms with Gasteiger partial charge in [-0.1, -0.05) is 11.6 Å². The van der Waals surface area contributed by atoms with Gasteiger partial charge < -0.3 is 15.2 Å². The van der Waals surface area contributed by atoms with Crippen molar-refractivity contribution >= 4 is 41.6 Å². The molecule has 28 heavy (non-hydrogen) atoms.